The molecule has 2 aromatic rings. The smallest absolute Gasteiger partial charge is 0.258 e. The van der Waals surface area contributed by atoms with Crippen LogP contribution in [0.25, 0.3) is 11.0 Å². The van der Waals surface area contributed by atoms with E-state index in [1.807, 2.05) is 0 Å². The number of aromatic nitrogens is 2. The second-order valence-electron chi connectivity index (χ2n) is 2.27. The molecule has 0 atom stereocenters. The van der Waals surface area contributed by atoms with Gasteiger partial charge in [-0.15, -0.1) is 0 Å². The second-order valence-corrected chi connectivity index (χ2v) is 3.31. The van der Waals surface area contributed by atoms with Crippen LogP contribution in [0.15, 0.2) is 29.8 Å². The van der Waals surface area contributed by atoms with Crippen molar-refractivity contribution in [3.05, 3.63) is 40.3 Å². The Labute approximate surface area is 72.6 Å². The molecule has 0 spiro atoms. The van der Waals surface area contributed by atoms with Crippen molar-refractivity contribution in [3.8, 4) is 0 Å². The van der Waals surface area contributed by atoms with E-state index in [2.05, 4.69) is 11.6 Å². The van der Waals surface area contributed by atoms with E-state index in [0.29, 0.717) is 4.96 Å². The number of rotatable bonds is 1. The summed E-state index contributed by atoms with van der Waals surface area (Å²) in [5.41, 5.74) is -0.0515. The molecule has 12 heavy (non-hydrogen) atoms. The predicted octanol–water partition coefficient (Wildman–Crippen LogP) is 1.40. The summed E-state index contributed by atoms with van der Waals surface area (Å²) < 4.78 is 1.52. The van der Waals surface area contributed by atoms with Gasteiger partial charge in [0.25, 0.3) is 5.56 Å². The molecule has 60 valence electrons. The van der Waals surface area contributed by atoms with Crippen molar-refractivity contribution in [2.75, 3.05) is 0 Å². The van der Waals surface area contributed by atoms with Crippen LogP contribution in [0.1, 0.15) is 4.88 Å². The highest BCUT2D eigenvalue weighted by atomic mass is 32.1. The monoisotopic (exact) mass is 178 g/mol. The van der Waals surface area contributed by atoms with E-state index < -0.39 is 0 Å². The highest BCUT2D eigenvalue weighted by Crippen LogP contribution is 2.14. The quantitative estimate of drug-likeness (QED) is 0.661. The summed E-state index contributed by atoms with van der Waals surface area (Å²) in [5.74, 6) is 0. The van der Waals surface area contributed by atoms with Gasteiger partial charge in [0.05, 0.1) is 0 Å². The second kappa shape index (κ2) is 2.57. The minimum absolute atomic E-state index is 0.0515. The molecule has 0 N–H and O–H groups in total. The van der Waals surface area contributed by atoms with Crippen LogP contribution in [0.3, 0.4) is 0 Å². The van der Waals surface area contributed by atoms with Crippen molar-refractivity contribution in [1.29, 1.82) is 0 Å². The molecular weight excluding hydrogens is 172 g/mol. The van der Waals surface area contributed by atoms with Gasteiger partial charge in [-0.05, 0) is 0 Å². The zero-order valence-corrected chi connectivity index (χ0v) is 7.04. The summed E-state index contributed by atoms with van der Waals surface area (Å²) in [6.07, 6.45) is 4.96. The molecule has 0 fully saturated rings. The number of thiazole rings is 1. The third kappa shape index (κ3) is 0.967. The van der Waals surface area contributed by atoms with Crippen molar-refractivity contribution >= 4 is 22.4 Å². The average Bonchev–Trinajstić information content (AvgIpc) is 2.49. The molecule has 2 aromatic heterocycles. The van der Waals surface area contributed by atoms with Gasteiger partial charge in [-0.25, -0.2) is 4.98 Å². The van der Waals surface area contributed by atoms with E-state index >= 15 is 0 Å². The lowest BCUT2D eigenvalue weighted by Gasteiger charge is -1.85. The Hall–Kier alpha value is -1.42. The maximum absolute atomic E-state index is 11.2. The van der Waals surface area contributed by atoms with Gasteiger partial charge in [0.15, 0.2) is 4.96 Å². The van der Waals surface area contributed by atoms with Crippen LogP contribution in [-0.4, -0.2) is 9.38 Å². The van der Waals surface area contributed by atoms with E-state index in [1.54, 1.807) is 12.3 Å². The van der Waals surface area contributed by atoms with Gasteiger partial charge >= 0.3 is 0 Å². The van der Waals surface area contributed by atoms with E-state index in [0.717, 1.165) is 4.88 Å². The van der Waals surface area contributed by atoms with Crippen molar-refractivity contribution in [2.45, 2.75) is 0 Å². The largest absolute Gasteiger partial charge is 0.269 e. The lowest BCUT2D eigenvalue weighted by atomic mass is 10.5. The Balaban J connectivity index is 2.92. The molecule has 0 amide bonds. The van der Waals surface area contributed by atoms with E-state index in [1.165, 1.54) is 28.0 Å². The molecule has 0 saturated carbocycles. The first-order chi connectivity index (χ1) is 5.81. The van der Waals surface area contributed by atoms with Gasteiger partial charge in [0.1, 0.15) is 0 Å². The summed E-state index contributed by atoms with van der Waals surface area (Å²) >= 11 is 1.45. The normalized spacial score (nSPS) is 10.3. The Morgan fingerprint density at radius 2 is 2.50 bits per heavy atom. The van der Waals surface area contributed by atoms with Gasteiger partial charge < -0.3 is 0 Å². The fraction of sp³-hybridized carbons (Fsp3) is 0. The Morgan fingerprint density at radius 3 is 3.17 bits per heavy atom. The van der Waals surface area contributed by atoms with Crippen LogP contribution in [0, 0.1) is 0 Å². The van der Waals surface area contributed by atoms with E-state index in [9.17, 15) is 4.79 Å². The zero-order chi connectivity index (χ0) is 8.55. The third-order valence-electron chi connectivity index (χ3n) is 1.51. The van der Waals surface area contributed by atoms with Gasteiger partial charge in [-0.1, -0.05) is 24.0 Å². The molecule has 0 aliphatic carbocycles. The number of hydrogen-bond donors (Lipinski definition) is 0. The molecule has 0 saturated heterocycles. The zero-order valence-electron chi connectivity index (χ0n) is 6.23. The molecule has 0 radical (unpaired) electrons. The minimum atomic E-state index is -0.0515. The fourth-order valence-corrected chi connectivity index (χ4v) is 1.76. The van der Waals surface area contributed by atoms with Crippen LogP contribution in [0.5, 0.6) is 0 Å². The lowest BCUT2D eigenvalue weighted by Crippen LogP contribution is -2.09. The summed E-state index contributed by atoms with van der Waals surface area (Å²) in [4.78, 5) is 16.9. The van der Waals surface area contributed by atoms with E-state index in [-0.39, 0.29) is 5.56 Å². The predicted molar refractivity (Wildman–Crippen MR) is 49.4 cm³/mol. The average molecular weight is 178 g/mol. The van der Waals surface area contributed by atoms with Crippen LogP contribution in [0.2, 0.25) is 0 Å². The lowest BCUT2D eigenvalue weighted by molar-refractivity contribution is 1.08. The minimum Gasteiger partial charge on any atom is -0.269 e. The van der Waals surface area contributed by atoms with Crippen molar-refractivity contribution in [1.82, 2.24) is 9.38 Å². The standard InChI is InChI=1S/C8H6N2OS/c1-2-6-5-10-7(11)3-4-9-8(10)12-6/h2-5H,1H2. The van der Waals surface area contributed by atoms with Crippen LogP contribution in [-0.2, 0) is 0 Å². The van der Waals surface area contributed by atoms with Crippen LogP contribution >= 0.6 is 11.3 Å². The molecule has 2 heterocycles. The molecule has 0 unspecified atom stereocenters. The highest BCUT2D eigenvalue weighted by molar-refractivity contribution is 7.17. The van der Waals surface area contributed by atoms with Gasteiger partial charge in [0, 0.05) is 23.3 Å². The maximum Gasteiger partial charge on any atom is 0.258 e. The first kappa shape index (κ1) is 7.24. The molecule has 2 rings (SSSR count). The topological polar surface area (TPSA) is 34.4 Å². The summed E-state index contributed by atoms with van der Waals surface area (Å²) in [7, 11) is 0. The van der Waals surface area contributed by atoms with Gasteiger partial charge in [0.2, 0.25) is 0 Å². The summed E-state index contributed by atoms with van der Waals surface area (Å²) in [5, 5.41) is 0. The van der Waals surface area contributed by atoms with E-state index in [4.69, 9.17) is 0 Å². The van der Waals surface area contributed by atoms with Crippen molar-refractivity contribution in [3.63, 3.8) is 0 Å². The van der Waals surface area contributed by atoms with Crippen molar-refractivity contribution < 1.29 is 0 Å². The summed E-state index contributed by atoms with van der Waals surface area (Å²) in [6, 6.07) is 1.44. The summed E-state index contributed by atoms with van der Waals surface area (Å²) in [6.45, 7) is 3.62. The SMILES string of the molecule is C=Cc1cn2c(=O)ccnc2s1. The molecule has 3 nitrogen and oxygen atoms in total. The first-order valence-electron chi connectivity index (χ1n) is 3.41. The molecule has 0 aliphatic heterocycles. The Kier molecular flexibility index (Phi) is 1.55. The molecule has 4 heteroatoms. The third-order valence-corrected chi connectivity index (χ3v) is 2.50. The molecule has 0 aromatic carbocycles. The molecule has 0 bridgehead atoms. The first-order valence-corrected chi connectivity index (χ1v) is 4.22. The number of hydrogen-bond acceptors (Lipinski definition) is 3. The molecule has 0 aliphatic rings. The maximum atomic E-state index is 11.2. The van der Waals surface area contributed by atoms with Crippen LogP contribution in [0.4, 0.5) is 0 Å². The highest BCUT2D eigenvalue weighted by Gasteiger charge is 1.99. The Morgan fingerprint density at radius 1 is 1.67 bits per heavy atom. The number of fused-ring (bicyclic) bond motifs is 1. The molecular formula is C8H6N2OS. The Bertz CT molecular complexity index is 483. The van der Waals surface area contributed by atoms with Crippen LogP contribution < -0.4 is 5.56 Å². The van der Waals surface area contributed by atoms with Gasteiger partial charge in [-0.2, -0.15) is 0 Å². The van der Waals surface area contributed by atoms with Gasteiger partial charge in [-0.3, -0.25) is 9.20 Å². The van der Waals surface area contributed by atoms with Crippen molar-refractivity contribution in [2.24, 2.45) is 0 Å². The number of nitrogens with zero attached hydrogens (tertiary/aromatic N) is 2. The fourth-order valence-electron chi connectivity index (χ4n) is 0.949.